The van der Waals surface area contributed by atoms with E-state index in [1.165, 1.54) is 18.2 Å². The maximum atomic E-state index is 10.8. The molecule has 18 heavy (non-hydrogen) atoms. The third-order valence-electron chi connectivity index (χ3n) is 1.82. The standard InChI is InChI=1S/C9H7ClN6O2/c10-5-2-1-3-6(8(5)16(17)18)14-15-7(4-11)9(12)13/h1-3,14H,(H3,12,13)/b15-7+. The zero-order valence-electron chi connectivity index (χ0n) is 8.85. The van der Waals surface area contributed by atoms with E-state index in [-0.39, 0.29) is 22.1 Å². The van der Waals surface area contributed by atoms with E-state index in [0.29, 0.717) is 0 Å². The van der Waals surface area contributed by atoms with E-state index in [1.807, 2.05) is 0 Å². The van der Waals surface area contributed by atoms with E-state index in [2.05, 4.69) is 10.5 Å². The summed E-state index contributed by atoms with van der Waals surface area (Å²) in [5.74, 6) is -0.547. The largest absolute Gasteiger partial charge is 0.382 e. The topological polar surface area (TPSA) is 141 Å². The van der Waals surface area contributed by atoms with Crippen LogP contribution in [0.2, 0.25) is 5.02 Å². The molecule has 0 heterocycles. The SMILES string of the molecule is N#C/C(=N\Nc1cccc(Cl)c1[N+](=O)[O-])C(=N)N. The highest BCUT2D eigenvalue weighted by Crippen LogP contribution is 2.32. The lowest BCUT2D eigenvalue weighted by atomic mass is 10.3. The predicted molar refractivity (Wildman–Crippen MR) is 66.7 cm³/mol. The Morgan fingerprint density at radius 2 is 2.33 bits per heavy atom. The number of nitro benzene ring substituents is 1. The van der Waals surface area contributed by atoms with Crippen molar-refractivity contribution >= 4 is 34.5 Å². The molecule has 1 aromatic rings. The number of para-hydroxylation sites is 1. The average Bonchev–Trinajstić information content (AvgIpc) is 2.28. The minimum absolute atomic E-state index is 0.00139. The molecule has 0 radical (unpaired) electrons. The minimum Gasteiger partial charge on any atom is -0.382 e. The van der Waals surface area contributed by atoms with Crippen LogP contribution in [0.15, 0.2) is 23.3 Å². The molecule has 0 atom stereocenters. The molecule has 0 unspecified atom stereocenters. The average molecular weight is 267 g/mol. The molecule has 8 nitrogen and oxygen atoms in total. The Hall–Kier alpha value is -2.66. The normalized spacial score (nSPS) is 10.6. The van der Waals surface area contributed by atoms with Crippen molar-refractivity contribution in [2.24, 2.45) is 10.8 Å². The summed E-state index contributed by atoms with van der Waals surface area (Å²) in [5, 5.41) is 29.8. The lowest BCUT2D eigenvalue weighted by Crippen LogP contribution is -2.21. The first-order valence-electron chi connectivity index (χ1n) is 4.48. The number of hydrazone groups is 1. The van der Waals surface area contributed by atoms with Gasteiger partial charge in [-0.25, -0.2) is 0 Å². The van der Waals surface area contributed by atoms with Crippen LogP contribution in [0.25, 0.3) is 0 Å². The number of rotatable bonds is 4. The summed E-state index contributed by atoms with van der Waals surface area (Å²) >= 11 is 5.67. The van der Waals surface area contributed by atoms with Crippen LogP contribution in [0.1, 0.15) is 0 Å². The number of nitrogens with two attached hydrogens (primary N) is 1. The molecule has 0 bridgehead atoms. The highest BCUT2D eigenvalue weighted by Gasteiger charge is 2.18. The first-order valence-corrected chi connectivity index (χ1v) is 4.86. The van der Waals surface area contributed by atoms with Gasteiger partial charge in [0.1, 0.15) is 16.8 Å². The van der Waals surface area contributed by atoms with Crippen LogP contribution in [-0.4, -0.2) is 16.5 Å². The van der Waals surface area contributed by atoms with Crippen LogP contribution in [0.3, 0.4) is 0 Å². The van der Waals surface area contributed by atoms with Crippen molar-refractivity contribution in [2.75, 3.05) is 5.43 Å². The first-order chi connectivity index (χ1) is 8.47. The van der Waals surface area contributed by atoms with Gasteiger partial charge in [-0.3, -0.25) is 20.9 Å². The van der Waals surface area contributed by atoms with Gasteiger partial charge in [0.25, 0.3) is 0 Å². The summed E-state index contributed by atoms with van der Waals surface area (Å²) in [6.45, 7) is 0. The van der Waals surface area contributed by atoms with Crippen molar-refractivity contribution in [2.45, 2.75) is 0 Å². The summed E-state index contributed by atoms with van der Waals surface area (Å²) in [6.07, 6.45) is 0. The summed E-state index contributed by atoms with van der Waals surface area (Å²) in [6, 6.07) is 5.77. The fourth-order valence-corrected chi connectivity index (χ4v) is 1.30. The van der Waals surface area contributed by atoms with Crippen molar-refractivity contribution in [3.05, 3.63) is 33.3 Å². The molecule has 9 heteroatoms. The van der Waals surface area contributed by atoms with Gasteiger partial charge in [-0.2, -0.15) is 10.4 Å². The van der Waals surface area contributed by atoms with E-state index in [0.717, 1.165) is 0 Å². The molecule has 0 amide bonds. The molecule has 0 aromatic heterocycles. The number of nitrogens with zero attached hydrogens (tertiary/aromatic N) is 3. The van der Waals surface area contributed by atoms with Crippen LogP contribution < -0.4 is 11.2 Å². The molecule has 0 fully saturated rings. The molecule has 0 aliphatic carbocycles. The van der Waals surface area contributed by atoms with E-state index in [1.54, 1.807) is 6.07 Å². The number of nitriles is 1. The zero-order valence-corrected chi connectivity index (χ0v) is 9.60. The lowest BCUT2D eigenvalue weighted by Gasteiger charge is -2.03. The fraction of sp³-hybridized carbons (Fsp3) is 0. The molecule has 0 aliphatic rings. The minimum atomic E-state index is -0.681. The summed E-state index contributed by atoms with van der Waals surface area (Å²) < 4.78 is 0. The van der Waals surface area contributed by atoms with E-state index in [4.69, 9.17) is 28.0 Å². The third-order valence-corrected chi connectivity index (χ3v) is 2.12. The molecule has 92 valence electrons. The second-order valence-electron chi connectivity index (χ2n) is 2.99. The Labute approximate surface area is 106 Å². The van der Waals surface area contributed by atoms with Gasteiger partial charge < -0.3 is 5.73 Å². The maximum absolute atomic E-state index is 10.8. The van der Waals surface area contributed by atoms with Crippen LogP contribution in [0, 0.1) is 26.9 Å². The first kappa shape index (κ1) is 13.4. The van der Waals surface area contributed by atoms with E-state index in [9.17, 15) is 10.1 Å². The van der Waals surface area contributed by atoms with Crippen molar-refractivity contribution < 1.29 is 4.92 Å². The van der Waals surface area contributed by atoms with Crippen molar-refractivity contribution in [1.82, 2.24) is 0 Å². The number of benzene rings is 1. The lowest BCUT2D eigenvalue weighted by molar-refractivity contribution is -0.383. The number of hydrogen-bond donors (Lipinski definition) is 3. The summed E-state index contributed by atoms with van der Waals surface area (Å²) in [5.41, 5.74) is 6.60. The van der Waals surface area contributed by atoms with Gasteiger partial charge in [-0.15, -0.1) is 0 Å². The molecule has 1 aromatic carbocycles. The van der Waals surface area contributed by atoms with Crippen molar-refractivity contribution in [3.63, 3.8) is 0 Å². The summed E-state index contributed by atoms with van der Waals surface area (Å²) in [4.78, 5) is 10.1. The fourth-order valence-electron chi connectivity index (χ4n) is 1.05. The Morgan fingerprint density at radius 1 is 1.67 bits per heavy atom. The molecular weight excluding hydrogens is 260 g/mol. The van der Waals surface area contributed by atoms with Gasteiger partial charge in [0.15, 0.2) is 5.84 Å². The highest BCUT2D eigenvalue weighted by molar-refractivity contribution is 6.45. The Balaban J connectivity index is 3.14. The molecular formula is C9H7ClN6O2. The van der Waals surface area contributed by atoms with Crippen LogP contribution in [0.4, 0.5) is 11.4 Å². The number of nitro groups is 1. The number of halogens is 1. The molecule has 0 spiro atoms. The molecule has 4 N–H and O–H groups in total. The molecule has 0 saturated heterocycles. The van der Waals surface area contributed by atoms with Crippen molar-refractivity contribution in [1.29, 1.82) is 10.7 Å². The van der Waals surface area contributed by atoms with Gasteiger partial charge in [0.05, 0.1) is 4.92 Å². The quantitative estimate of drug-likeness (QED) is 0.327. The van der Waals surface area contributed by atoms with E-state index < -0.39 is 10.8 Å². The van der Waals surface area contributed by atoms with Gasteiger partial charge in [-0.05, 0) is 12.1 Å². The number of anilines is 1. The van der Waals surface area contributed by atoms with Crippen LogP contribution >= 0.6 is 11.6 Å². The second-order valence-corrected chi connectivity index (χ2v) is 3.40. The van der Waals surface area contributed by atoms with Gasteiger partial charge in [0.2, 0.25) is 5.71 Å². The number of hydrogen-bond acceptors (Lipinski definition) is 6. The predicted octanol–water partition coefficient (Wildman–Crippen LogP) is 1.48. The van der Waals surface area contributed by atoms with Gasteiger partial charge >= 0.3 is 5.69 Å². The van der Waals surface area contributed by atoms with E-state index >= 15 is 0 Å². The van der Waals surface area contributed by atoms with Gasteiger partial charge in [-0.1, -0.05) is 17.7 Å². The molecule has 0 saturated carbocycles. The Kier molecular flexibility index (Phi) is 4.17. The van der Waals surface area contributed by atoms with Gasteiger partial charge in [0, 0.05) is 0 Å². The monoisotopic (exact) mass is 266 g/mol. The second kappa shape index (κ2) is 5.60. The van der Waals surface area contributed by atoms with Crippen LogP contribution in [0.5, 0.6) is 0 Å². The smallest absolute Gasteiger partial charge is 0.312 e. The maximum Gasteiger partial charge on any atom is 0.312 e. The molecule has 0 aliphatic heterocycles. The van der Waals surface area contributed by atoms with Crippen LogP contribution in [-0.2, 0) is 0 Å². The molecule has 1 rings (SSSR count). The highest BCUT2D eigenvalue weighted by atomic mass is 35.5. The Bertz CT molecular complexity index is 577. The van der Waals surface area contributed by atoms with Crippen molar-refractivity contribution in [3.8, 4) is 6.07 Å². The summed E-state index contributed by atoms with van der Waals surface area (Å²) in [7, 11) is 0. The zero-order chi connectivity index (χ0) is 13.7. The third kappa shape index (κ3) is 2.93. The number of nitrogens with one attached hydrogen (secondary N) is 2. The Morgan fingerprint density at radius 3 is 2.83 bits per heavy atom. The number of amidine groups is 1.